The number of hydrogen-bond donors (Lipinski definition) is 0. The Morgan fingerprint density at radius 2 is 0.461 bits per heavy atom. The van der Waals surface area contributed by atoms with E-state index in [1.165, 1.54) is 36.5 Å². The van der Waals surface area contributed by atoms with E-state index in [0.29, 0.717) is 34.9 Å². The molecule has 0 fully saturated rings. The SMILES string of the molecule is O=P(c1ccccc1)(c1ccccc1)c1ccc(-c2nc(-c3ccccc3)nc(-c3ccc(-c4cccc5c(-c6ccccc6)nc6ccccc6c45)cc3)n2)cc1.c1ccc(-c2nc(-c3ccc(-c4cccc5c4sc4ccccc45)cc3)nc(-c3ccc(-c4cccc5c(-c6ccccc6)nc6ccccc6c45)cc3)n2)cc1. The molecule has 5 aromatic heterocycles. The van der Waals surface area contributed by atoms with E-state index in [1.54, 1.807) is 0 Å². The first kappa shape index (κ1) is 69.5. The zero-order valence-electron chi connectivity index (χ0n) is 62.0. The number of thiophene rings is 1. The van der Waals surface area contributed by atoms with E-state index in [1.807, 2.05) is 175 Å². The van der Waals surface area contributed by atoms with E-state index >= 15 is 4.57 Å². The Labute approximate surface area is 668 Å². The van der Waals surface area contributed by atoms with Crippen molar-refractivity contribution in [2.75, 3.05) is 0 Å². The maximum atomic E-state index is 15.0. The fraction of sp³-hybridized carbons (Fsp3) is 0. The highest BCUT2D eigenvalue weighted by Crippen LogP contribution is 2.46. The van der Waals surface area contributed by atoms with Gasteiger partial charge in [-0.25, -0.2) is 39.9 Å². The average Bonchev–Trinajstić information content (AvgIpc) is 1.01. The van der Waals surface area contributed by atoms with Crippen molar-refractivity contribution in [1.82, 2.24) is 39.9 Å². The lowest BCUT2D eigenvalue weighted by Gasteiger charge is -2.20. The van der Waals surface area contributed by atoms with E-state index in [4.69, 9.17) is 39.9 Å². The van der Waals surface area contributed by atoms with Gasteiger partial charge in [-0.05, 0) is 51.6 Å². The highest BCUT2D eigenvalue weighted by molar-refractivity contribution is 7.85. The van der Waals surface area contributed by atoms with Crippen molar-refractivity contribution >= 4 is 97.9 Å². The van der Waals surface area contributed by atoms with E-state index in [2.05, 4.69) is 243 Å². The van der Waals surface area contributed by atoms with Gasteiger partial charge in [-0.15, -0.1) is 11.3 Å². The standard InChI is InChI=1S/C52H35N4OP.C52H32N4S/c57-58(41-20-9-3-10-21-41,42-22-11-4-12-23-42)43-34-32-40(33-35-43)52-55-50(38-18-7-2-8-19-38)54-51(56-52)39-30-28-36(29-31-39)44-25-15-26-46-48(44)45-24-13-14-27-47(45)53-49(46)37-16-5-1-6-17-37;1-3-13-35(14-4-1)48-44-22-11-19-39(47(44)43-18-7-9-23-45(43)53-48)33-25-29-37(30-26-33)51-54-50(36-15-5-2-6-16-36)55-52(56-51)38-31-27-34(28-32-38)40-20-12-21-42-41-17-8-10-24-46(41)57-49(40)42/h1-35H;1-32H. The summed E-state index contributed by atoms with van der Waals surface area (Å²) in [6.45, 7) is 0. The number of benzene rings is 16. The minimum absolute atomic E-state index is 0.537. The smallest absolute Gasteiger partial charge is 0.171 e. The molecule has 0 aliphatic heterocycles. The van der Waals surface area contributed by atoms with Gasteiger partial charge in [0.2, 0.25) is 0 Å². The molecule has 0 saturated carbocycles. The number of fused-ring (bicyclic) bond motifs is 9. The minimum atomic E-state index is -3.14. The Morgan fingerprint density at radius 1 is 0.191 bits per heavy atom. The Kier molecular flexibility index (Phi) is 18.3. The van der Waals surface area contributed by atoms with Crippen LogP contribution in [0.15, 0.2) is 406 Å². The average molecular weight is 1510 g/mol. The predicted molar refractivity (Wildman–Crippen MR) is 477 cm³/mol. The molecule has 0 atom stereocenters. The van der Waals surface area contributed by atoms with Crippen molar-refractivity contribution in [2.45, 2.75) is 0 Å². The van der Waals surface area contributed by atoms with Crippen LogP contribution >= 0.6 is 18.5 Å². The summed E-state index contributed by atoms with van der Waals surface area (Å²) in [6.07, 6.45) is 0. The van der Waals surface area contributed by atoms with Gasteiger partial charge in [0.25, 0.3) is 0 Å². The van der Waals surface area contributed by atoms with Crippen molar-refractivity contribution in [2.24, 2.45) is 0 Å². The van der Waals surface area contributed by atoms with Gasteiger partial charge in [-0.1, -0.05) is 388 Å². The highest BCUT2D eigenvalue weighted by Gasteiger charge is 2.30. The fourth-order valence-corrected chi connectivity index (χ4v) is 19.6. The molecule has 9 nitrogen and oxygen atoms in total. The summed E-state index contributed by atoms with van der Waals surface area (Å²) < 4.78 is 17.6. The molecule has 5 heterocycles. The quantitative estimate of drug-likeness (QED) is 0.0774. The van der Waals surface area contributed by atoms with E-state index < -0.39 is 7.14 Å². The van der Waals surface area contributed by atoms with Gasteiger partial charge in [-0.2, -0.15) is 0 Å². The minimum Gasteiger partial charge on any atom is -0.309 e. The van der Waals surface area contributed by atoms with Gasteiger partial charge in [-0.3, -0.25) is 0 Å². The van der Waals surface area contributed by atoms with Crippen LogP contribution in [0.1, 0.15) is 0 Å². The number of aromatic nitrogens is 8. The molecule has 0 unspecified atom stereocenters. The van der Waals surface area contributed by atoms with Crippen LogP contribution in [0, 0.1) is 0 Å². The molecule has 21 aromatic rings. The molecular formula is C104H67N8OPS. The van der Waals surface area contributed by atoms with E-state index in [0.717, 1.165) is 132 Å². The first-order valence-corrected chi connectivity index (χ1v) is 40.8. The maximum absolute atomic E-state index is 15.0. The van der Waals surface area contributed by atoms with Crippen LogP contribution in [0.3, 0.4) is 0 Å². The van der Waals surface area contributed by atoms with Gasteiger partial charge in [0.15, 0.2) is 42.1 Å². The third-order valence-electron chi connectivity index (χ3n) is 21.4. The second-order valence-electron chi connectivity index (χ2n) is 28.3. The number of pyridine rings is 2. The number of para-hydroxylation sites is 2. The van der Waals surface area contributed by atoms with Gasteiger partial charge in [0, 0.05) is 113 Å². The molecule has 21 rings (SSSR count). The lowest BCUT2D eigenvalue weighted by molar-refractivity contribution is 0.592. The molecule has 0 amide bonds. The second kappa shape index (κ2) is 30.2. The lowest BCUT2D eigenvalue weighted by atomic mass is 9.92. The zero-order chi connectivity index (χ0) is 76.6. The first-order chi connectivity index (χ1) is 56.9. The van der Waals surface area contributed by atoms with Crippen molar-refractivity contribution in [3.63, 3.8) is 0 Å². The molecule has 0 bridgehead atoms. The molecule has 0 spiro atoms. The summed E-state index contributed by atoms with van der Waals surface area (Å²) in [5, 5.41) is 11.8. The molecule has 0 radical (unpaired) electrons. The number of nitrogens with zero attached hydrogens (tertiary/aromatic N) is 8. The third kappa shape index (κ3) is 13.3. The fourth-order valence-electron chi connectivity index (χ4n) is 15.7. The molecule has 0 aliphatic carbocycles. The molecule has 0 N–H and O–H groups in total. The van der Waals surface area contributed by atoms with Crippen LogP contribution in [0.25, 0.3) is 188 Å². The van der Waals surface area contributed by atoms with Crippen molar-refractivity contribution in [3.05, 3.63) is 406 Å². The molecule has 11 heteroatoms. The Balaban J connectivity index is 0.000000149. The van der Waals surface area contributed by atoms with Crippen LogP contribution in [0.5, 0.6) is 0 Å². The van der Waals surface area contributed by atoms with Crippen molar-refractivity contribution in [3.8, 4) is 124 Å². The summed E-state index contributed by atoms with van der Waals surface area (Å²) in [5.74, 6) is 3.59. The molecule has 0 saturated heterocycles. The van der Waals surface area contributed by atoms with Crippen LogP contribution in [0.4, 0.5) is 0 Å². The van der Waals surface area contributed by atoms with Gasteiger partial charge >= 0.3 is 0 Å². The van der Waals surface area contributed by atoms with Crippen LogP contribution in [-0.4, -0.2) is 39.9 Å². The summed E-state index contributed by atoms with van der Waals surface area (Å²) >= 11 is 1.85. The van der Waals surface area contributed by atoms with Crippen molar-refractivity contribution in [1.29, 1.82) is 0 Å². The topological polar surface area (TPSA) is 120 Å². The van der Waals surface area contributed by atoms with Crippen molar-refractivity contribution < 1.29 is 4.57 Å². The van der Waals surface area contributed by atoms with Crippen LogP contribution < -0.4 is 15.9 Å². The van der Waals surface area contributed by atoms with Gasteiger partial charge < -0.3 is 4.57 Å². The molecule has 540 valence electrons. The predicted octanol–water partition coefficient (Wildman–Crippen LogP) is 25.5. The lowest BCUT2D eigenvalue weighted by Crippen LogP contribution is -2.24. The largest absolute Gasteiger partial charge is 0.309 e. The van der Waals surface area contributed by atoms with Gasteiger partial charge in [0.1, 0.15) is 0 Å². The Bertz CT molecular complexity index is 7210. The normalized spacial score (nSPS) is 11.5. The molecule has 115 heavy (non-hydrogen) atoms. The third-order valence-corrected chi connectivity index (χ3v) is 25.7. The second-order valence-corrected chi connectivity index (χ2v) is 32.1. The zero-order valence-corrected chi connectivity index (χ0v) is 63.7. The summed E-state index contributed by atoms with van der Waals surface area (Å²) in [7, 11) is -3.14. The Morgan fingerprint density at radius 3 is 0.852 bits per heavy atom. The number of rotatable bonds is 14. The summed E-state index contributed by atoms with van der Waals surface area (Å²) in [5.41, 5.74) is 18.3. The van der Waals surface area contributed by atoms with E-state index in [-0.39, 0.29) is 0 Å². The summed E-state index contributed by atoms with van der Waals surface area (Å²) in [6, 6.07) is 139. The van der Waals surface area contributed by atoms with Crippen LogP contribution in [-0.2, 0) is 4.57 Å². The summed E-state index contributed by atoms with van der Waals surface area (Å²) in [4.78, 5) is 40.4. The molecule has 16 aromatic carbocycles. The molecular weight excluding hydrogens is 1440 g/mol. The maximum Gasteiger partial charge on any atom is 0.171 e. The monoisotopic (exact) mass is 1510 g/mol. The Hall–Kier alpha value is -14.7. The number of hydrogen-bond acceptors (Lipinski definition) is 10. The molecule has 0 aliphatic rings. The van der Waals surface area contributed by atoms with Gasteiger partial charge in [0.05, 0.1) is 22.4 Å². The first-order valence-electron chi connectivity index (χ1n) is 38.3. The van der Waals surface area contributed by atoms with Crippen LogP contribution in [0.2, 0.25) is 0 Å². The van der Waals surface area contributed by atoms with E-state index in [9.17, 15) is 0 Å². The highest BCUT2D eigenvalue weighted by atomic mass is 32.1.